The fourth-order valence-corrected chi connectivity index (χ4v) is 1.90. The molecule has 20 heavy (non-hydrogen) atoms. The van der Waals surface area contributed by atoms with Gasteiger partial charge in [-0.2, -0.15) is 4.98 Å². The molecule has 3 aromatic rings. The van der Waals surface area contributed by atoms with E-state index < -0.39 is 0 Å². The third-order valence-corrected chi connectivity index (χ3v) is 2.69. The van der Waals surface area contributed by atoms with Gasteiger partial charge in [0.05, 0.1) is 12.8 Å². The lowest BCUT2D eigenvalue weighted by atomic mass is 10.3. The van der Waals surface area contributed by atoms with Crippen LogP contribution in [0.3, 0.4) is 0 Å². The van der Waals surface area contributed by atoms with Crippen molar-refractivity contribution in [2.24, 2.45) is 0 Å². The Morgan fingerprint density at radius 3 is 3.00 bits per heavy atom. The summed E-state index contributed by atoms with van der Waals surface area (Å²) < 4.78 is 13.0. The first kappa shape index (κ1) is 12.3. The number of hydrogen-bond acceptors (Lipinski definition) is 5. The molecular formula is C14H14N4O2. The Balaban J connectivity index is 1.96. The normalized spacial score (nSPS) is 10.7. The molecule has 2 aromatic heterocycles. The quantitative estimate of drug-likeness (QED) is 0.788. The van der Waals surface area contributed by atoms with Gasteiger partial charge < -0.3 is 15.2 Å². The summed E-state index contributed by atoms with van der Waals surface area (Å²) in [6.07, 6.45) is 5.14. The molecule has 2 heterocycles. The number of nitrogen functional groups attached to an aromatic ring is 1. The van der Waals surface area contributed by atoms with Crippen LogP contribution >= 0.6 is 0 Å². The number of imidazole rings is 1. The van der Waals surface area contributed by atoms with Crippen molar-refractivity contribution in [3.8, 4) is 17.4 Å². The molecule has 0 spiro atoms. The standard InChI is InChI=1S/C14H14N4O2/c1-2-19-10-4-3-5-11(8-10)20-14-13-16-6-7-18(13)9-12(15)17-14/h3-9H,2,15H2,1H3. The summed E-state index contributed by atoms with van der Waals surface area (Å²) >= 11 is 0. The van der Waals surface area contributed by atoms with E-state index in [1.165, 1.54) is 0 Å². The van der Waals surface area contributed by atoms with E-state index in [-0.39, 0.29) is 0 Å². The molecule has 0 saturated heterocycles. The van der Waals surface area contributed by atoms with Crippen LogP contribution in [0.2, 0.25) is 0 Å². The zero-order valence-electron chi connectivity index (χ0n) is 11.0. The van der Waals surface area contributed by atoms with Gasteiger partial charge in [-0.1, -0.05) is 6.07 Å². The fourth-order valence-electron chi connectivity index (χ4n) is 1.90. The number of hydrogen-bond donors (Lipinski definition) is 1. The number of fused-ring (bicyclic) bond motifs is 1. The summed E-state index contributed by atoms with van der Waals surface area (Å²) in [6, 6.07) is 7.35. The summed E-state index contributed by atoms with van der Waals surface area (Å²) in [4.78, 5) is 8.38. The van der Waals surface area contributed by atoms with Crippen LogP contribution < -0.4 is 15.2 Å². The molecule has 0 aliphatic heterocycles. The lowest BCUT2D eigenvalue weighted by Crippen LogP contribution is -1.99. The third-order valence-electron chi connectivity index (χ3n) is 2.69. The highest BCUT2D eigenvalue weighted by atomic mass is 16.5. The SMILES string of the molecule is CCOc1cccc(Oc2nc(N)cn3ccnc23)c1. The predicted octanol–water partition coefficient (Wildman–Crippen LogP) is 2.50. The second-order valence-corrected chi connectivity index (χ2v) is 4.14. The van der Waals surface area contributed by atoms with Crippen molar-refractivity contribution >= 4 is 11.5 Å². The van der Waals surface area contributed by atoms with Crippen LogP contribution in [0.5, 0.6) is 17.4 Å². The van der Waals surface area contributed by atoms with Crippen LogP contribution in [0.15, 0.2) is 42.9 Å². The molecule has 0 aliphatic rings. The minimum absolute atomic E-state index is 0.364. The van der Waals surface area contributed by atoms with Gasteiger partial charge >= 0.3 is 0 Å². The number of benzene rings is 1. The maximum absolute atomic E-state index is 5.76. The lowest BCUT2D eigenvalue weighted by Gasteiger charge is -2.08. The minimum atomic E-state index is 0.364. The zero-order chi connectivity index (χ0) is 13.9. The summed E-state index contributed by atoms with van der Waals surface area (Å²) in [6.45, 7) is 2.53. The van der Waals surface area contributed by atoms with Gasteiger partial charge in [0.2, 0.25) is 5.65 Å². The van der Waals surface area contributed by atoms with E-state index in [4.69, 9.17) is 15.2 Å². The summed E-state index contributed by atoms with van der Waals surface area (Å²) in [7, 11) is 0. The van der Waals surface area contributed by atoms with Crippen molar-refractivity contribution in [2.45, 2.75) is 6.92 Å². The van der Waals surface area contributed by atoms with Crippen molar-refractivity contribution in [3.05, 3.63) is 42.9 Å². The summed E-state index contributed by atoms with van der Waals surface area (Å²) in [5, 5.41) is 0. The maximum Gasteiger partial charge on any atom is 0.265 e. The Bertz CT molecular complexity index is 739. The second kappa shape index (κ2) is 5.08. The van der Waals surface area contributed by atoms with Gasteiger partial charge in [0.15, 0.2) is 0 Å². The Kier molecular flexibility index (Phi) is 3.12. The molecule has 3 rings (SSSR count). The van der Waals surface area contributed by atoms with E-state index >= 15 is 0 Å². The monoisotopic (exact) mass is 270 g/mol. The first-order chi connectivity index (χ1) is 9.76. The molecule has 0 fully saturated rings. The van der Waals surface area contributed by atoms with Crippen molar-refractivity contribution in [3.63, 3.8) is 0 Å². The highest BCUT2D eigenvalue weighted by Gasteiger charge is 2.09. The molecule has 1 aromatic carbocycles. The van der Waals surface area contributed by atoms with Crippen molar-refractivity contribution < 1.29 is 9.47 Å². The smallest absolute Gasteiger partial charge is 0.265 e. The van der Waals surface area contributed by atoms with Crippen molar-refractivity contribution in [1.29, 1.82) is 0 Å². The highest BCUT2D eigenvalue weighted by Crippen LogP contribution is 2.27. The van der Waals surface area contributed by atoms with Crippen LogP contribution in [0, 0.1) is 0 Å². The predicted molar refractivity (Wildman–Crippen MR) is 75.1 cm³/mol. The Morgan fingerprint density at radius 1 is 1.30 bits per heavy atom. The van der Waals surface area contributed by atoms with Crippen LogP contribution in [0.4, 0.5) is 5.82 Å². The number of nitrogens with zero attached hydrogens (tertiary/aromatic N) is 3. The number of nitrogens with two attached hydrogens (primary N) is 1. The molecule has 6 heteroatoms. The fraction of sp³-hybridized carbons (Fsp3) is 0.143. The number of rotatable bonds is 4. The van der Waals surface area contributed by atoms with Crippen LogP contribution in [-0.2, 0) is 0 Å². The van der Waals surface area contributed by atoms with Crippen LogP contribution in [0.25, 0.3) is 5.65 Å². The Hall–Kier alpha value is -2.76. The lowest BCUT2D eigenvalue weighted by molar-refractivity contribution is 0.338. The summed E-state index contributed by atoms with van der Waals surface area (Å²) in [5.74, 6) is 2.10. The molecule has 0 amide bonds. The maximum atomic E-state index is 5.76. The van der Waals surface area contributed by atoms with Gasteiger partial charge in [-0.25, -0.2) is 4.98 Å². The number of anilines is 1. The molecule has 0 unspecified atom stereocenters. The van der Waals surface area contributed by atoms with E-state index in [9.17, 15) is 0 Å². The van der Waals surface area contributed by atoms with Gasteiger partial charge in [0.25, 0.3) is 5.88 Å². The Labute approximate surface area is 115 Å². The third kappa shape index (κ3) is 2.35. The molecule has 6 nitrogen and oxygen atoms in total. The minimum Gasteiger partial charge on any atom is -0.494 e. The van der Waals surface area contributed by atoms with Gasteiger partial charge in [-0.15, -0.1) is 0 Å². The molecule has 0 radical (unpaired) electrons. The van der Waals surface area contributed by atoms with Gasteiger partial charge in [-0.3, -0.25) is 4.40 Å². The molecule has 0 atom stereocenters. The molecular weight excluding hydrogens is 256 g/mol. The average Bonchev–Trinajstić information content (AvgIpc) is 2.87. The molecule has 0 bridgehead atoms. The molecule has 102 valence electrons. The van der Waals surface area contributed by atoms with Crippen LogP contribution in [0.1, 0.15) is 6.92 Å². The van der Waals surface area contributed by atoms with E-state index in [2.05, 4.69) is 9.97 Å². The van der Waals surface area contributed by atoms with Crippen molar-refractivity contribution in [1.82, 2.24) is 14.4 Å². The van der Waals surface area contributed by atoms with E-state index in [0.717, 1.165) is 5.75 Å². The Morgan fingerprint density at radius 2 is 2.15 bits per heavy atom. The van der Waals surface area contributed by atoms with Crippen molar-refractivity contribution in [2.75, 3.05) is 12.3 Å². The zero-order valence-corrected chi connectivity index (χ0v) is 11.0. The van der Waals surface area contributed by atoms with Gasteiger partial charge in [0, 0.05) is 18.5 Å². The molecule has 2 N–H and O–H groups in total. The highest BCUT2D eigenvalue weighted by molar-refractivity contribution is 5.54. The van der Waals surface area contributed by atoms with Crippen LogP contribution in [-0.4, -0.2) is 21.0 Å². The first-order valence-corrected chi connectivity index (χ1v) is 6.26. The van der Waals surface area contributed by atoms with E-state index in [0.29, 0.717) is 29.7 Å². The average molecular weight is 270 g/mol. The number of aromatic nitrogens is 3. The number of ether oxygens (including phenoxy) is 2. The van der Waals surface area contributed by atoms with E-state index in [1.54, 1.807) is 29.1 Å². The largest absolute Gasteiger partial charge is 0.494 e. The summed E-state index contributed by atoms with van der Waals surface area (Å²) in [5.41, 5.74) is 6.36. The molecule has 0 aliphatic carbocycles. The first-order valence-electron chi connectivity index (χ1n) is 6.26. The van der Waals surface area contributed by atoms with Gasteiger partial charge in [-0.05, 0) is 19.1 Å². The molecule has 0 saturated carbocycles. The topological polar surface area (TPSA) is 74.7 Å². The van der Waals surface area contributed by atoms with Gasteiger partial charge in [0.1, 0.15) is 17.3 Å². The van der Waals surface area contributed by atoms with E-state index in [1.807, 2.05) is 25.1 Å². The second-order valence-electron chi connectivity index (χ2n) is 4.14.